The molecule has 0 aromatic heterocycles. The molecule has 1 aliphatic heterocycles. The van der Waals surface area contributed by atoms with Crippen LogP contribution in [0.1, 0.15) is 23.2 Å². The summed E-state index contributed by atoms with van der Waals surface area (Å²) in [4.78, 5) is 14.1. The quantitative estimate of drug-likeness (QED) is 0.893. The van der Waals surface area contributed by atoms with Crippen LogP contribution in [0.15, 0.2) is 18.2 Å². The summed E-state index contributed by atoms with van der Waals surface area (Å²) in [7, 11) is 1.95. The first kappa shape index (κ1) is 14.2. The van der Waals surface area contributed by atoms with E-state index in [1.54, 1.807) is 17.0 Å². The van der Waals surface area contributed by atoms with E-state index in [0.29, 0.717) is 16.5 Å². The minimum atomic E-state index is -0.114. The number of rotatable bonds is 3. The molecule has 19 heavy (non-hydrogen) atoms. The number of hydrogen-bond donors (Lipinski definition) is 2. The first-order valence-corrected chi connectivity index (χ1v) is 6.92. The zero-order valence-electron chi connectivity index (χ0n) is 11.0. The maximum Gasteiger partial charge on any atom is 0.257 e. The molecule has 2 N–H and O–H groups in total. The maximum absolute atomic E-state index is 12.3. The number of halogens is 1. The summed E-state index contributed by atoms with van der Waals surface area (Å²) >= 11 is 5.77. The fraction of sp³-hybridized carbons (Fsp3) is 0.500. The second kappa shape index (κ2) is 6.26. The third kappa shape index (κ3) is 3.39. The average Bonchev–Trinajstić information content (AvgIpc) is 2.39. The van der Waals surface area contributed by atoms with E-state index in [1.165, 1.54) is 6.07 Å². The topological polar surface area (TPSA) is 52.6 Å². The average molecular weight is 283 g/mol. The summed E-state index contributed by atoms with van der Waals surface area (Å²) < 4.78 is 0. The Morgan fingerprint density at radius 2 is 2.16 bits per heavy atom. The smallest absolute Gasteiger partial charge is 0.257 e. The SMILES string of the molecule is CNCC1CCN(C(=O)c2ccc(Cl)cc2O)CC1. The van der Waals surface area contributed by atoms with Crippen molar-refractivity contribution in [3.05, 3.63) is 28.8 Å². The Morgan fingerprint density at radius 1 is 1.47 bits per heavy atom. The van der Waals surface area contributed by atoms with E-state index in [4.69, 9.17) is 11.6 Å². The van der Waals surface area contributed by atoms with Crippen molar-refractivity contribution in [2.45, 2.75) is 12.8 Å². The Bertz CT molecular complexity index is 457. The number of nitrogens with zero attached hydrogens (tertiary/aromatic N) is 1. The van der Waals surface area contributed by atoms with Gasteiger partial charge in [0.05, 0.1) is 5.56 Å². The number of piperidine rings is 1. The number of phenolic OH excluding ortho intramolecular Hbond substituents is 1. The molecule has 104 valence electrons. The monoisotopic (exact) mass is 282 g/mol. The normalized spacial score (nSPS) is 16.6. The van der Waals surface area contributed by atoms with Gasteiger partial charge in [-0.2, -0.15) is 0 Å². The summed E-state index contributed by atoms with van der Waals surface area (Å²) in [6, 6.07) is 4.62. The Hall–Kier alpha value is -1.26. The van der Waals surface area contributed by atoms with E-state index in [0.717, 1.165) is 32.5 Å². The van der Waals surface area contributed by atoms with Gasteiger partial charge in [-0.3, -0.25) is 4.79 Å². The molecule has 0 saturated carbocycles. The molecular weight excluding hydrogens is 264 g/mol. The molecule has 0 atom stereocenters. The molecule has 1 aromatic rings. The molecule has 0 aliphatic carbocycles. The van der Waals surface area contributed by atoms with E-state index >= 15 is 0 Å². The lowest BCUT2D eigenvalue weighted by molar-refractivity contribution is 0.0688. The molecule has 4 nitrogen and oxygen atoms in total. The number of likely N-dealkylation sites (tertiary alicyclic amines) is 1. The Morgan fingerprint density at radius 3 is 2.74 bits per heavy atom. The first-order valence-electron chi connectivity index (χ1n) is 6.54. The van der Waals surface area contributed by atoms with Gasteiger partial charge in [0.1, 0.15) is 5.75 Å². The number of aromatic hydroxyl groups is 1. The standard InChI is InChI=1S/C14H19ClN2O2/c1-16-9-10-4-6-17(7-5-10)14(19)12-3-2-11(15)8-13(12)18/h2-3,8,10,16,18H,4-7,9H2,1H3. The van der Waals surface area contributed by atoms with Crippen LogP contribution in [0.5, 0.6) is 5.75 Å². The number of nitrogens with one attached hydrogen (secondary N) is 1. The van der Waals surface area contributed by atoms with Crippen LogP contribution in [-0.2, 0) is 0 Å². The highest BCUT2D eigenvalue weighted by atomic mass is 35.5. The predicted molar refractivity (Wildman–Crippen MR) is 75.7 cm³/mol. The number of phenols is 1. The van der Waals surface area contributed by atoms with E-state index in [2.05, 4.69) is 5.32 Å². The van der Waals surface area contributed by atoms with Gasteiger partial charge >= 0.3 is 0 Å². The lowest BCUT2D eigenvalue weighted by Gasteiger charge is -2.32. The number of carbonyl (C=O) groups is 1. The van der Waals surface area contributed by atoms with Crippen LogP contribution < -0.4 is 5.32 Å². The van der Waals surface area contributed by atoms with Crippen molar-refractivity contribution in [2.75, 3.05) is 26.7 Å². The zero-order chi connectivity index (χ0) is 13.8. The van der Waals surface area contributed by atoms with Crippen molar-refractivity contribution in [1.29, 1.82) is 0 Å². The van der Waals surface area contributed by atoms with Crippen molar-refractivity contribution in [3.8, 4) is 5.75 Å². The van der Waals surface area contributed by atoms with Gasteiger partial charge in [-0.25, -0.2) is 0 Å². The van der Waals surface area contributed by atoms with Crippen LogP contribution in [0.3, 0.4) is 0 Å². The molecule has 1 amide bonds. The fourth-order valence-corrected chi connectivity index (χ4v) is 2.65. The van der Waals surface area contributed by atoms with Gasteiger partial charge < -0.3 is 15.3 Å². The van der Waals surface area contributed by atoms with Gasteiger partial charge in [-0.05, 0) is 50.6 Å². The van der Waals surface area contributed by atoms with Crippen molar-refractivity contribution in [1.82, 2.24) is 10.2 Å². The lowest BCUT2D eigenvalue weighted by Crippen LogP contribution is -2.40. The molecule has 1 aliphatic rings. The van der Waals surface area contributed by atoms with Gasteiger partial charge in [0.15, 0.2) is 0 Å². The number of amides is 1. The minimum Gasteiger partial charge on any atom is -0.507 e. The van der Waals surface area contributed by atoms with Gasteiger partial charge in [0.2, 0.25) is 0 Å². The molecule has 1 aromatic carbocycles. The molecule has 0 radical (unpaired) electrons. The third-order valence-electron chi connectivity index (χ3n) is 3.58. The minimum absolute atomic E-state index is 0.0464. The molecule has 0 bridgehead atoms. The molecule has 1 saturated heterocycles. The Labute approximate surface area is 118 Å². The fourth-order valence-electron chi connectivity index (χ4n) is 2.48. The number of benzene rings is 1. The second-order valence-corrected chi connectivity index (χ2v) is 5.39. The van der Waals surface area contributed by atoms with Crippen LogP contribution in [0.4, 0.5) is 0 Å². The van der Waals surface area contributed by atoms with Crippen molar-refractivity contribution >= 4 is 17.5 Å². The predicted octanol–water partition coefficient (Wildman–Crippen LogP) is 2.12. The highest BCUT2D eigenvalue weighted by Crippen LogP contribution is 2.25. The maximum atomic E-state index is 12.3. The zero-order valence-corrected chi connectivity index (χ0v) is 11.8. The number of carbonyl (C=O) groups excluding carboxylic acids is 1. The second-order valence-electron chi connectivity index (χ2n) is 4.95. The summed E-state index contributed by atoms with van der Waals surface area (Å²) in [6.45, 7) is 2.48. The van der Waals surface area contributed by atoms with E-state index < -0.39 is 0 Å². The van der Waals surface area contributed by atoms with Gasteiger partial charge in [0.25, 0.3) is 5.91 Å². The van der Waals surface area contributed by atoms with E-state index in [1.807, 2.05) is 7.05 Å². The van der Waals surface area contributed by atoms with Crippen LogP contribution in [0.25, 0.3) is 0 Å². The van der Waals surface area contributed by atoms with Gasteiger partial charge in [-0.1, -0.05) is 11.6 Å². The third-order valence-corrected chi connectivity index (χ3v) is 3.82. The molecular formula is C14H19ClN2O2. The van der Waals surface area contributed by atoms with Crippen LogP contribution in [0, 0.1) is 5.92 Å². The molecule has 0 spiro atoms. The van der Waals surface area contributed by atoms with E-state index in [-0.39, 0.29) is 11.7 Å². The van der Waals surface area contributed by atoms with Gasteiger partial charge in [0, 0.05) is 18.1 Å². The first-order chi connectivity index (χ1) is 9.11. The highest BCUT2D eigenvalue weighted by molar-refractivity contribution is 6.30. The Kier molecular flexibility index (Phi) is 4.66. The van der Waals surface area contributed by atoms with Crippen LogP contribution in [0.2, 0.25) is 5.02 Å². The van der Waals surface area contributed by atoms with E-state index in [9.17, 15) is 9.90 Å². The highest BCUT2D eigenvalue weighted by Gasteiger charge is 2.24. The summed E-state index contributed by atoms with van der Waals surface area (Å²) in [5.41, 5.74) is 0.330. The van der Waals surface area contributed by atoms with Crippen LogP contribution >= 0.6 is 11.6 Å². The largest absolute Gasteiger partial charge is 0.507 e. The summed E-state index contributed by atoms with van der Waals surface area (Å²) in [6.07, 6.45) is 2.00. The number of hydrogen-bond acceptors (Lipinski definition) is 3. The lowest BCUT2D eigenvalue weighted by atomic mass is 9.96. The molecule has 5 heteroatoms. The molecule has 2 rings (SSSR count). The van der Waals surface area contributed by atoms with Crippen molar-refractivity contribution < 1.29 is 9.90 Å². The molecule has 1 fully saturated rings. The summed E-state index contributed by atoms with van der Waals surface area (Å²) in [5, 5.41) is 13.4. The van der Waals surface area contributed by atoms with Crippen molar-refractivity contribution in [2.24, 2.45) is 5.92 Å². The molecule has 1 heterocycles. The Balaban J connectivity index is 2.01. The van der Waals surface area contributed by atoms with Crippen LogP contribution in [-0.4, -0.2) is 42.6 Å². The summed E-state index contributed by atoms with van der Waals surface area (Å²) in [5.74, 6) is 0.472. The van der Waals surface area contributed by atoms with Crippen molar-refractivity contribution in [3.63, 3.8) is 0 Å². The molecule has 0 unspecified atom stereocenters. The van der Waals surface area contributed by atoms with Gasteiger partial charge in [-0.15, -0.1) is 0 Å².